The third-order valence-electron chi connectivity index (χ3n) is 3.52. The summed E-state index contributed by atoms with van der Waals surface area (Å²) in [4.78, 5) is 44.1. The molecule has 1 aromatic rings. The Labute approximate surface area is 220 Å². The van der Waals surface area contributed by atoms with E-state index in [1.54, 1.807) is 32.9 Å². The van der Waals surface area contributed by atoms with E-state index in [1.807, 2.05) is 39.0 Å². The number of hydrogen-bond donors (Lipinski definition) is 3. The molecule has 1 rings (SSSR count). The Kier molecular flexibility index (Phi) is 18.5. The van der Waals surface area contributed by atoms with Gasteiger partial charge in [-0.25, -0.2) is 9.59 Å². The average Bonchev–Trinajstić information content (AvgIpc) is 2.71. The smallest absolute Gasteiger partial charge is 0.407 e. The Morgan fingerprint density at radius 2 is 1.41 bits per heavy atom. The van der Waals surface area contributed by atoms with Gasteiger partial charge < -0.3 is 34.7 Å². The molecule has 0 aliphatic heterocycles. The number of anilines is 1. The maximum Gasteiger partial charge on any atom is 0.407 e. The van der Waals surface area contributed by atoms with Crippen LogP contribution in [0, 0.1) is 0 Å². The van der Waals surface area contributed by atoms with Crippen LogP contribution < -0.4 is 10.6 Å². The largest absolute Gasteiger partial charge is 0.480 e. The number of carbonyl (C=O) groups is 4. The SMILES string of the molecule is C.CC(C)(C)OC(=O)CCCOCC(=O)Nc1ccccc1.CC(C)(C)OC(=O)NCCOCC(=O)O. The van der Waals surface area contributed by atoms with Gasteiger partial charge in [0.25, 0.3) is 0 Å². The third kappa shape index (κ3) is 25.7. The van der Waals surface area contributed by atoms with E-state index in [1.165, 1.54) is 0 Å². The number of alkyl carbamates (subject to hydrolysis) is 1. The number of amides is 2. The Hall–Kier alpha value is -3.18. The predicted octanol–water partition coefficient (Wildman–Crippen LogP) is 4.01. The molecule has 0 heterocycles. The Morgan fingerprint density at radius 3 is 1.95 bits per heavy atom. The van der Waals surface area contributed by atoms with Crippen LogP contribution in [0.5, 0.6) is 0 Å². The van der Waals surface area contributed by atoms with E-state index < -0.39 is 23.3 Å². The number of esters is 1. The fourth-order valence-electron chi connectivity index (χ4n) is 2.29. The lowest BCUT2D eigenvalue weighted by atomic mass is 10.2. The monoisotopic (exact) mass is 528 g/mol. The first-order chi connectivity index (χ1) is 16.7. The summed E-state index contributed by atoms with van der Waals surface area (Å²) in [5.74, 6) is -1.49. The Bertz CT molecular complexity index is 801. The highest BCUT2D eigenvalue weighted by atomic mass is 16.6. The number of carbonyl (C=O) groups excluding carboxylic acids is 3. The second-order valence-electron chi connectivity index (χ2n) is 9.53. The summed E-state index contributed by atoms with van der Waals surface area (Å²) in [7, 11) is 0. The van der Waals surface area contributed by atoms with Crippen LogP contribution in [0.1, 0.15) is 61.8 Å². The lowest BCUT2D eigenvalue weighted by Crippen LogP contribution is -2.34. The number of para-hydroxylation sites is 1. The molecule has 0 saturated heterocycles. The molecule has 0 fully saturated rings. The number of hydrogen-bond acceptors (Lipinski definition) is 8. The van der Waals surface area contributed by atoms with Crippen molar-refractivity contribution in [3.05, 3.63) is 30.3 Å². The van der Waals surface area contributed by atoms with Crippen molar-refractivity contribution in [3.8, 4) is 0 Å². The number of carboxylic acids is 1. The molecule has 0 aliphatic carbocycles. The molecule has 0 spiro atoms. The maximum atomic E-state index is 11.6. The number of nitrogens with one attached hydrogen (secondary N) is 2. The van der Waals surface area contributed by atoms with E-state index in [0.29, 0.717) is 13.0 Å². The molecular weight excluding hydrogens is 484 g/mol. The van der Waals surface area contributed by atoms with E-state index in [-0.39, 0.29) is 52.1 Å². The van der Waals surface area contributed by atoms with Crippen LogP contribution in [0.4, 0.5) is 10.5 Å². The molecule has 37 heavy (non-hydrogen) atoms. The minimum absolute atomic E-state index is 0. The summed E-state index contributed by atoms with van der Waals surface area (Å²) >= 11 is 0. The van der Waals surface area contributed by atoms with Crippen molar-refractivity contribution < 1.29 is 43.2 Å². The number of benzene rings is 1. The van der Waals surface area contributed by atoms with Crippen molar-refractivity contribution in [2.75, 3.05) is 38.3 Å². The van der Waals surface area contributed by atoms with Crippen LogP contribution in [0.15, 0.2) is 30.3 Å². The van der Waals surface area contributed by atoms with Gasteiger partial charge in [-0.1, -0.05) is 25.6 Å². The third-order valence-corrected chi connectivity index (χ3v) is 3.52. The van der Waals surface area contributed by atoms with Crippen molar-refractivity contribution in [3.63, 3.8) is 0 Å². The molecule has 0 unspecified atom stereocenters. The first-order valence-electron chi connectivity index (χ1n) is 11.6. The van der Waals surface area contributed by atoms with Crippen LogP contribution in [0.3, 0.4) is 0 Å². The Morgan fingerprint density at radius 1 is 0.838 bits per heavy atom. The van der Waals surface area contributed by atoms with Gasteiger partial charge in [0, 0.05) is 25.3 Å². The maximum absolute atomic E-state index is 11.6. The van der Waals surface area contributed by atoms with Gasteiger partial charge in [0.05, 0.1) is 6.61 Å². The Balaban J connectivity index is 0. The van der Waals surface area contributed by atoms with Gasteiger partial charge in [0.1, 0.15) is 24.4 Å². The van der Waals surface area contributed by atoms with Crippen molar-refractivity contribution in [1.82, 2.24) is 5.32 Å². The van der Waals surface area contributed by atoms with Crippen LogP contribution in [-0.4, -0.2) is 73.2 Å². The quantitative estimate of drug-likeness (QED) is 0.270. The number of rotatable bonds is 12. The molecule has 0 saturated carbocycles. The van der Waals surface area contributed by atoms with Crippen LogP contribution in [0.25, 0.3) is 0 Å². The first-order valence-corrected chi connectivity index (χ1v) is 11.6. The normalized spacial score (nSPS) is 10.6. The molecular formula is C26H44N2O9. The van der Waals surface area contributed by atoms with Crippen LogP contribution in [-0.2, 0) is 33.3 Å². The minimum atomic E-state index is -1.03. The van der Waals surface area contributed by atoms with Gasteiger partial charge in [0.15, 0.2) is 0 Å². The topological polar surface area (TPSA) is 149 Å². The minimum Gasteiger partial charge on any atom is -0.480 e. The predicted molar refractivity (Wildman–Crippen MR) is 140 cm³/mol. The lowest BCUT2D eigenvalue weighted by Gasteiger charge is -2.19. The zero-order valence-electron chi connectivity index (χ0n) is 22.0. The van der Waals surface area contributed by atoms with E-state index >= 15 is 0 Å². The van der Waals surface area contributed by atoms with E-state index in [0.717, 1.165) is 5.69 Å². The van der Waals surface area contributed by atoms with E-state index in [2.05, 4.69) is 10.6 Å². The first kappa shape index (κ1) is 36.0. The van der Waals surface area contributed by atoms with E-state index in [9.17, 15) is 19.2 Å². The highest BCUT2D eigenvalue weighted by Gasteiger charge is 2.16. The van der Waals surface area contributed by atoms with Gasteiger partial charge in [0.2, 0.25) is 5.91 Å². The average molecular weight is 529 g/mol. The zero-order valence-corrected chi connectivity index (χ0v) is 22.0. The number of aliphatic carboxylic acids is 1. The van der Waals surface area contributed by atoms with Crippen molar-refractivity contribution in [2.45, 2.75) is 73.0 Å². The van der Waals surface area contributed by atoms with Gasteiger partial charge in [-0.3, -0.25) is 9.59 Å². The van der Waals surface area contributed by atoms with Gasteiger partial charge in [-0.2, -0.15) is 0 Å². The molecule has 0 radical (unpaired) electrons. The highest BCUT2D eigenvalue weighted by Crippen LogP contribution is 2.09. The molecule has 0 aromatic heterocycles. The molecule has 11 heteroatoms. The highest BCUT2D eigenvalue weighted by molar-refractivity contribution is 5.91. The molecule has 2 amide bonds. The van der Waals surface area contributed by atoms with Crippen molar-refractivity contribution >= 4 is 29.6 Å². The molecule has 3 N–H and O–H groups in total. The number of ether oxygens (including phenoxy) is 4. The molecule has 0 bridgehead atoms. The van der Waals surface area contributed by atoms with Crippen LogP contribution >= 0.6 is 0 Å². The summed E-state index contributed by atoms with van der Waals surface area (Å²) in [6, 6.07) is 9.18. The molecule has 1 aromatic carbocycles. The molecule has 11 nitrogen and oxygen atoms in total. The molecule has 0 aliphatic rings. The second kappa shape index (κ2) is 19.0. The molecule has 0 atom stereocenters. The van der Waals surface area contributed by atoms with Gasteiger partial charge in [-0.15, -0.1) is 0 Å². The van der Waals surface area contributed by atoms with Crippen molar-refractivity contribution in [2.24, 2.45) is 0 Å². The fourth-order valence-corrected chi connectivity index (χ4v) is 2.29. The standard InChI is InChI=1S/C16H23NO4.C9H17NO5.CH4/c1-16(2,3)21-15(19)10-7-11-20-12-14(18)17-13-8-5-4-6-9-13;1-9(2,3)15-8(13)10-4-5-14-6-7(11)12;/h4-6,8-9H,7,10-12H2,1-3H3,(H,17,18);4-6H2,1-3H3,(H,10,13)(H,11,12);1H4. The van der Waals surface area contributed by atoms with Gasteiger partial charge >= 0.3 is 18.0 Å². The summed E-state index contributed by atoms with van der Waals surface area (Å²) in [6.07, 6.45) is 0.284. The summed E-state index contributed by atoms with van der Waals surface area (Å²) < 4.78 is 20.0. The summed E-state index contributed by atoms with van der Waals surface area (Å²) in [5.41, 5.74) is -0.265. The van der Waals surface area contributed by atoms with E-state index in [4.69, 9.17) is 24.1 Å². The number of carboxylic acid groups (broad SMARTS) is 1. The summed E-state index contributed by atoms with van der Waals surface area (Å²) in [6.45, 7) is 11.1. The van der Waals surface area contributed by atoms with Gasteiger partial charge in [-0.05, 0) is 60.1 Å². The lowest BCUT2D eigenvalue weighted by molar-refractivity contribution is -0.155. The molecule has 212 valence electrons. The van der Waals surface area contributed by atoms with Crippen LogP contribution in [0.2, 0.25) is 0 Å². The zero-order chi connectivity index (χ0) is 27.6. The van der Waals surface area contributed by atoms with Crippen molar-refractivity contribution in [1.29, 1.82) is 0 Å². The second-order valence-corrected chi connectivity index (χ2v) is 9.53. The summed E-state index contributed by atoms with van der Waals surface area (Å²) in [5, 5.41) is 13.4. The fraction of sp³-hybridized carbons (Fsp3) is 0.615.